The Balaban J connectivity index is 1.39. The van der Waals surface area contributed by atoms with Crippen molar-refractivity contribution in [1.82, 2.24) is 10.6 Å². The lowest BCUT2D eigenvalue weighted by Gasteiger charge is -2.26. The molecule has 1 aliphatic rings. The first-order valence-electron chi connectivity index (χ1n) is 11.0. The van der Waals surface area contributed by atoms with E-state index in [1.54, 1.807) is 30.3 Å². The monoisotopic (exact) mass is 438 g/mol. The minimum absolute atomic E-state index is 0.00575. The Morgan fingerprint density at radius 3 is 1.97 bits per heavy atom. The maximum atomic E-state index is 12.3. The summed E-state index contributed by atoms with van der Waals surface area (Å²) in [6.07, 6.45) is 2.69. The summed E-state index contributed by atoms with van der Waals surface area (Å²) in [7, 11) is 0. The topological polar surface area (TPSA) is 105 Å². The summed E-state index contributed by atoms with van der Waals surface area (Å²) >= 11 is 0. The average molecular weight is 439 g/mol. The van der Waals surface area contributed by atoms with Crippen molar-refractivity contribution in [1.29, 1.82) is 0 Å². The highest BCUT2D eigenvalue weighted by Gasteiger charge is 2.26. The predicted octanol–water partition coefficient (Wildman–Crippen LogP) is 3.49. The quantitative estimate of drug-likeness (QED) is 0.547. The van der Waals surface area contributed by atoms with Gasteiger partial charge in [0.05, 0.1) is 12.0 Å². The normalized spacial score (nSPS) is 17.9. The standard InChI is InChI=1S/C25H30N2O5/c1-16-3-4-20(15-17(16)2)24(29)27-14-13-26-23(28)18-5-9-21(10-6-18)32-22-11-7-19(8-12-22)25(30)31/h3-6,9-10,15,19,22H,7-8,11-14H2,1-2H3,(H,26,28)(H,27,29)(H,30,31). The van der Waals surface area contributed by atoms with E-state index in [0.29, 0.717) is 55.6 Å². The molecule has 2 aromatic rings. The van der Waals surface area contributed by atoms with E-state index in [1.165, 1.54) is 0 Å². The van der Waals surface area contributed by atoms with Gasteiger partial charge in [0, 0.05) is 24.2 Å². The van der Waals surface area contributed by atoms with Crippen LogP contribution in [0.5, 0.6) is 5.75 Å². The van der Waals surface area contributed by atoms with Gasteiger partial charge in [0.15, 0.2) is 0 Å². The Labute approximate surface area is 188 Å². The second-order valence-electron chi connectivity index (χ2n) is 8.26. The molecule has 0 radical (unpaired) electrons. The number of aliphatic carboxylic acids is 1. The van der Waals surface area contributed by atoms with Gasteiger partial charge in [-0.15, -0.1) is 0 Å². The molecular formula is C25H30N2O5. The summed E-state index contributed by atoms with van der Waals surface area (Å²) in [5.41, 5.74) is 3.31. The van der Waals surface area contributed by atoms with Crippen molar-refractivity contribution < 1.29 is 24.2 Å². The van der Waals surface area contributed by atoms with E-state index in [1.807, 2.05) is 26.0 Å². The highest BCUT2D eigenvalue weighted by atomic mass is 16.5. The summed E-state index contributed by atoms with van der Waals surface area (Å²) in [6, 6.07) is 12.4. The number of hydrogen-bond acceptors (Lipinski definition) is 4. The Morgan fingerprint density at radius 1 is 0.844 bits per heavy atom. The smallest absolute Gasteiger partial charge is 0.306 e. The van der Waals surface area contributed by atoms with Gasteiger partial charge in [0.1, 0.15) is 5.75 Å². The fourth-order valence-electron chi connectivity index (χ4n) is 3.74. The number of aryl methyl sites for hydroxylation is 2. The van der Waals surface area contributed by atoms with Crippen molar-refractivity contribution in [2.75, 3.05) is 13.1 Å². The van der Waals surface area contributed by atoms with Crippen molar-refractivity contribution >= 4 is 17.8 Å². The zero-order valence-electron chi connectivity index (χ0n) is 18.5. The maximum absolute atomic E-state index is 12.3. The average Bonchev–Trinajstić information content (AvgIpc) is 2.79. The first-order chi connectivity index (χ1) is 15.3. The molecule has 3 N–H and O–H groups in total. The Kier molecular flexibility index (Phi) is 7.87. The molecule has 2 amide bonds. The molecule has 3 rings (SSSR count). The second kappa shape index (κ2) is 10.8. The van der Waals surface area contributed by atoms with E-state index < -0.39 is 5.97 Å². The number of hydrogen-bond donors (Lipinski definition) is 3. The van der Waals surface area contributed by atoms with Crippen LogP contribution in [0.3, 0.4) is 0 Å². The fraction of sp³-hybridized carbons (Fsp3) is 0.400. The van der Waals surface area contributed by atoms with Gasteiger partial charge < -0.3 is 20.5 Å². The SMILES string of the molecule is Cc1ccc(C(=O)NCCNC(=O)c2ccc(OC3CCC(C(=O)O)CC3)cc2)cc1C. The lowest BCUT2D eigenvalue weighted by atomic mass is 9.87. The fourth-order valence-corrected chi connectivity index (χ4v) is 3.74. The summed E-state index contributed by atoms with van der Waals surface area (Å²) in [5, 5.41) is 14.7. The molecule has 7 nitrogen and oxygen atoms in total. The van der Waals surface area contributed by atoms with Crippen LogP contribution in [-0.2, 0) is 4.79 Å². The number of ether oxygens (including phenoxy) is 1. The van der Waals surface area contributed by atoms with E-state index >= 15 is 0 Å². The lowest BCUT2D eigenvalue weighted by molar-refractivity contribution is -0.143. The van der Waals surface area contributed by atoms with Crippen LogP contribution in [0.1, 0.15) is 57.5 Å². The van der Waals surface area contributed by atoms with Gasteiger partial charge in [-0.3, -0.25) is 14.4 Å². The highest BCUT2D eigenvalue weighted by molar-refractivity contribution is 5.95. The molecule has 0 atom stereocenters. The molecule has 1 saturated carbocycles. The molecule has 0 unspecified atom stereocenters. The number of rotatable bonds is 8. The van der Waals surface area contributed by atoms with E-state index in [4.69, 9.17) is 9.84 Å². The maximum Gasteiger partial charge on any atom is 0.306 e. The molecule has 32 heavy (non-hydrogen) atoms. The third kappa shape index (κ3) is 6.33. The van der Waals surface area contributed by atoms with Crippen LogP contribution < -0.4 is 15.4 Å². The summed E-state index contributed by atoms with van der Waals surface area (Å²) in [5.74, 6) is -0.725. The molecule has 0 aromatic heterocycles. The molecule has 0 saturated heterocycles. The van der Waals surface area contributed by atoms with Crippen molar-refractivity contribution in [3.63, 3.8) is 0 Å². The molecule has 0 bridgehead atoms. The third-order valence-electron chi connectivity index (χ3n) is 5.91. The van der Waals surface area contributed by atoms with Gasteiger partial charge in [-0.1, -0.05) is 6.07 Å². The van der Waals surface area contributed by atoms with Gasteiger partial charge in [-0.2, -0.15) is 0 Å². The van der Waals surface area contributed by atoms with Crippen LogP contribution in [0.25, 0.3) is 0 Å². The van der Waals surface area contributed by atoms with E-state index in [-0.39, 0.29) is 23.8 Å². The Bertz CT molecular complexity index is 963. The van der Waals surface area contributed by atoms with Crippen molar-refractivity contribution in [3.05, 3.63) is 64.7 Å². The van der Waals surface area contributed by atoms with Crippen molar-refractivity contribution in [2.45, 2.75) is 45.6 Å². The predicted molar refractivity (Wildman–Crippen MR) is 121 cm³/mol. The Hall–Kier alpha value is -3.35. The molecule has 1 aliphatic carbocycles. The lowest BCUT2D eigenvalue weighted by Crippen LogP contribution is -2.34. The number of amides is 2. The summed E-state index contributed by atoms with van der Waals surface area (Å²) in [4.78, 5) is 35.6. The molecule has 0 heterocycles. The zero-order valence-corrected chi connectivity index (χ0v) is 18.5. The highest BCUT2D eigenvalue weighted by Crippen LogP contribution is 2.28. The molecule has 0 aliphatic heterocycles. The second-order valence-corrected chi connectivity index (χ2v) is 8.26. The van der Waals surface area contributed by atoms with Gasteiger partial charge in [-0.25, -0.2) is 0 Å². The van der Waals surface area contributed by atoms with Crippen molar-refractivity contribution in [2.24, 2.45) is 5.92 Å². The number of carbonyl (C=O) groups is 3. The number of carbonyl (C=O) groups excluding carboxylic acids is 2. The number of carboxylic acids is 1. The largest absolute Gasteiger partial charge is 0.490 e. The van der Waals surface area contributed by atoms with Crippen LogP contribution in [0, 0.1) is 19.8 Å². The van der Waals surface area contributed by atoms with Crippen LogP contribution >= 0.6 is 0 Å². The number of nitrogens with one attached hydrogen (secondary N) is 2. The van der Waals surface area contributed by atoms with E-state index in [0.717, 1.165) is 11.1 Å². The van der Waals surface area contributed by atoms with Crippen molar-refractivity contribution in [3.8, 4) is 5.75 Å². The molecule has 1 fully saturated rings. The minimum atomic E-state index is -0.733. The molecular weight excluding hydrogens is 408 g/mol. The van der Waals surface area contributed by atoms with Gasteiger partial charge in [0.2, 0.25) is 0 Å². The molecule has 2 aromatic carbocycles. The Morgan fingerprint density at radius 2 is 1.41 bits per heavy atom. The van der Waals surface area contributed by atoms with Crippen LogP contribution in [-0.4, -0.2) is 42.1 Å². The van der Waals surface area contributed by atoms with Gasteiger partial charge >= 0.3 is 5.97 Å². The molecule has 7 heteroatoms. The molecule has 170 valence electrons. The minimum Gasteiger partial charge on any atom is -0.490 e. The summed E-state index contributed by atoms with van der Waals surface area (Å²) < 4.78 is 5.93. The first kappa shape index (κ1) is 23.3. The zero-order chi connectivity index (χ0) is 23.1. The number of benzene rings is 2. The molecule has 0 spiro atoms. The third-order valence-corrected chi connectivity index (χ3v) is 5.91. The van der Waals surface area contributed by atoms with E-state index in [2.05, 4.69) is 10.6 Å². The number of carboxylic acid groups (broad SMARTS) is 1. The first-order valence-corrected chi connectivity index (χ1v) is 11.0. The van der Waals surface area contributed by atoms with Crippen LogP contribution in [0.4, 0.5) is 0 Å². The van der Waals surface area contributed by atoms with E-state index in [9.17, 15) is 14.4 Å². The van der Waals surface area contributed by atoms with Gasteiger partial charge in [-0.05, 0) is 87.1 Å². The summed E-state index contributed by atoms with van der Waals surface area (Å²) in [6.45, 7) is 4.61. The van der Waals surface area contributed by atoms with Crippen LogP contribution in [0.15, 0.2) is 42.5 Å². The van der Waals surface area contributed by atoms with Gasteiger partial charge in [0.25, 0.3) is 11.8 Å². The van der Waals surface area contributed by atoms with Crippen LogP contribution in [0.2, 0.25) is 0 Å².